The molecular formula is C18H21N3O2. The molecule has 5 heteroatoms. The van der Waals surface area contributed by atoms with Crippen molar-refractivity contribution in [3.63, 3.8) is 0 Å². The number of amides is 1. The summed E-state index contributed by atoms with van der Waals surface area (Å²) in [4.78, 5) is 17.5. The molecule has 0 bridgehead atoms. The van der Waals surface area contributed by atoms with Crippen molar-refractivity contribution in [2.24, 2.45) is 0 Å². The highest BCUT2D eigenvalue weighted by molar-refractivity contribution is 5.88. The number of aromatic amines is 1. The molecular weight excluding hydrogens is 290 g/mol. The highest BCUT2D eigenvalue weighted by Crippen LogP contribution is 2.19. The zero-order chi connectivity index (χ0) is 16.2. The topological polar surface area (TPSA) is 61.3 Å². The number of para-hydroxylation sites is 1. The molecule has 0 aliphatic rings. The number of rotatable bonds is 6. The van der Waals surface area contributed by atoms with Crippen LogP contribution in [0, 0.1) is 0 Å². The number of aromatic nitrogens is 1. The summed E-state index contributed by atoms with van der Waals surface area (Å²) in [6, 6.07) is 11.8. The molecule has 0 saturated carbocycles. The second-order valence-electron chi connectivity index (χ2n) is 5.84. The fraction of sp³-hybridized carbons (Fsp3) is 0.278. The van der Waals surface area contributed by atoms with Crippen LogP contribution in [0.1, 0.15) is 17.4 Å². The highest BCUT2D eigenvalue weighted by Gasteiger charge is 2.18. The third kappa shape index (κ3) is 3.46. The molecule has 3 aromatic rings. The Balaban J connectivity index is 1.63. The predicted molar refractivity (Wildman–Crippen MR) is 90.1 cm³/mol. The Labute approximate surface area is 135 Å². The Kier molecular flexibility index (Phi) is 4.48. The number of carbonyl (C=O) groups excluding carboxylic acids is 1. The third-order valence-electron chi connectivity index (χ3n) is 4.01. The Bertz CT molecular complexity index is 775. The fourth-order valence-electron chi connectivity index (χ4n) is 2.74. The first-order valence-electron chi connectivity index (χ1n) is 7.66. The van der Waals surface area contributed by atoms with Crippen molar-refractivity contribution in [1.29, 1.82) is 0 Å². The Morgan fingerprint density at radius 2 is 2.09 bits per heavy atom. The average Bonchev–Trinajstić information content (AvgIpc) is 3.18. The molecule has 2 N–H and O–H groups in total. The van der Waals surface area contributed by atoms with E-state index in [9.17, 15) is 4.79 Å². The summed E-state index contributed by atoms with van der Waals surface area (Å²) in [6.45, 7) is 0.516. The smallest absolute Gasteiger partial charge is 0.224 e. The van der Waals surface area contributed by atoms with Gasteiger partial charge in [0.1, 0.15) is 5.76 Å². The van der Waals surface area contributed by atoms with Gasteiger partial charge in [-0.3, -0.25) is 9.69 Å². The van der Waals surface area contributed by atoms with Gasteiger partial charge in [-0.05, 0) is 37.9 Å². The van der Waals surface area contributed by atoms with Crippen molar-refractivity contribution < 1.29 is 9.21 Å². The second kappa shape index (κ2) is 6.71. The van der Waals surface area contributed by atoms with Crippen LogP contribution < -0.4 is 5.32 Å². The van der Waals surface area contributed by atoms with Crippen LogP contribution in [-0.2, 0) is 11.2 Å². The summed E-state index contributed by atoms with van der Waals surface area (Å²) < 4.78 is 5.45. The van der Waals surface area contributed by atoms with Crippen LogP contribution in [0.2, 0.25) is 0 Å². The molecule has 0 aliphatic carbocycles. The third-order valence-corrected chi connectivity index (χ3v) is 4.01. The second-order valence-corrected chi connectivity index (χ2v) is 5.84. The standard InChI is InChI=1S/C18H21N3O2/c1-21(2)16(17-8-5-9-23-17)12-20-18(22)10-13-11-19-15-7-4-3-6-14(13)15/h3-9,11,16,19H,10,12H2,1-2H3,(H,20,22)/t16-/m1/s1. The van der Waals surface area contributed by atoms with Gasteiger partial charge in [-0.2, -0.15) is 0 Å². The maximum Gasteiger partial charge on any atom is 0.224 e. The summed E-state index contributed by atoms with van der Waals surface area (Å²) in [6.07, 6.45) is 3.92. The Morgan fingerprint density at radius 3 is 2.83 bits per heavy atom. The molecule has 1 amide bonds. The number of fused-ring (bicyclic) bond motifs is 1. The predicted octanol–water partition coefficient (Wildman–Crippen LogP) is 2.72. The van der Waals surface area contributed by atoms with Gasteiger partial charge in [0, 0.05) is 23.6 Å². The zero-order valence-corrected chi connectivity index (χ0v) is 13.4. The van der Waals surface area contributed by atoms with Gasteiger partial charge in [-0.25, -0.2) is 0 Å². The number of likely N-dealkylation sites (N-methyl/N-ethyl adjacent to an activating group) is 1. The lowest BCUT2D eigenvalue weighted by Gasteiger charge is -2.22. The summed E-state index contributed by atoms with van der Waals surface area (Å²) in [5, 5.41) is 4.10. The lowest BCUT2D eigenvalue weighted by molar-refractivity contribution is -0.120. The Hall–Kier alpha value is -2.53. The van der Waals surface area contributed by atoms with Gasteiger partial charge in [0.05, 0.1) is 18.7 Å². The number of hydrogen-bond donors (Lipinski definition) is 2. The molecule has 1 atom stereocenters. The largest absolute Gasteiger partial charge is 0.468 e. The summed E-state index contributed by atoms with van der Waals surface area (Å²) in [7, 11) is 3.94. The number of carbonyl (C=O) groups is 1. The van der Waals surface area contributed by atoms with Crippen LogP contribution in [0.3, 0.4) is 0 Å². The molecule has 1 aromatic carbocycles. The number of nitrogens with one attached hydrogen (secondary N) is 2. The van der Waals surface area contributed by atoms with Crippen molar-refractivity contribution in [3.05, 3.63) is 60.2 Å². The first-order chi connectivity index (χ1) is 11.1. The minimum absolute atomic E-state index is 0.00755. The van der Waals surface area contributed by atoms with Crippen molar-refractivity contribution in [1.82, 2.24) is 15.2 Å². The highest BCUT2D eigenvalue weighted by atomic mass is 16.3. The van der Waals surface area contributed by atoms with Gasteiger partial charge in [0.25, 0.3) is 0 Å². The minimum atomic E-state index is 0.00755. The van der Waals surface area contributed by atoms with Crippen LogP contribution in [-0.4, -0.2) is 36.4 Å². The molecule has 2 aromatic heterocycles. The molecule has 0 saturated heterocycles. The number of benzene rings is 1. The van der Waals surface area contributed by atoms with Gasteiger partial charge in [-0.1, -0.05) is 18.2 Å². The number of hydrogen-bond acceptors (Lipinski definition) is 3. The van der Waals surface area contributed by atoms with Crippen LogP contribution >= 0.6 is 0 Å². The molecule has 0 fully saturated rings. The van der Waals surface area contributed by atoms with E-state index in [1.54, 1.807) is 6.26 Å². The van der Waals surface area contributed by atoms with Crippen LogP contribution in [0.25, 0.3) is 10.9 Å². The van der Waals surface area contributed by atoms with E-state index in [1.165, 1.54) is 0 Å². The van der Waals surface area contributed by atoms with Crippen LogP contribution in [0.5, 0.6) is 0 Å². The molecule has 0 unspecified atom stereocenters. The lowest BCUT2D eigenvalue weighted by atomic mass is 10.1. The minimum Gasteiger partial charge on any atom is -0.468 e. The van der Waals surface area contributed by atoms with E-state index < -0.39 is 0 Å². The zero-order valence-electron chi connectivity index (χ0n) is 13.4. The first-order valence-corrected chi connectivity index (χ1v) is 7.66. The van der Waals surface area contributed by atoms with Crippen molar-refractivity contribution in [2.45, 2.75) is 12.5 Å². The van der Waals surface area contributed by atoms with Crippen LogP contribution in [0.4, 0.5) is 0 Å². The van der Waals surface area contributed by atoms with Gasteiger partial charge >= 0.3 is 0 Å². The molecule has 23 heavy (non-hydrogen) atoms. The number of H-pyrrole nitrogens is 1. The van der Waals surface area contributed by atoms with Gasteiger partial charge in [-0.15, -0.1) is 0 Å². The summed E-state index contributed by atoms with van der Waals surface area (Å²) in [5.41, 5.74) is 2.06. The van der Waals surface area contributed by atoms with Crippen molar-refractivity contribution >= 4 is 16.8 Å². The van der Waals surface area contributed by atoms with Crippen molar-refractivity contribution in [2.75, 3.05) is 20.6 Å². The number of nitrogens with zero attached hydrogens (tertiary/aromatic N) is 1. The van der Waals surface area contributed by atoms with Crippen LogP contribution in [0.15, 0.2) is 53.3 Å². The molecule has 0 radical (unpaired) electrons. The quantitative estimate of drug-likeness (QED) is 0.736. The number of furan rings is 1. The van der Waals surface area contributed by atoms with E-state index in [0.717, 1.165) is 22.2 Å². The molecule has 0 aliphatic heterocycles. The van der Waals surface area contributed by atoms with E-state index in [1.807, 2.05) is 61.6 Å². The normalized spacial score (nSPS) is 12.7. The SMILES string of the molecule is CN(C)[C@H](CNC(=O)Cc1c[nH]c2ccccc12)c1ccco1. The van der Waals surface area contributed by atoms with Crippen molar-refractivity contribution in [3.8, 4) is 0 Å². The Morgan fingerprint density at radius 1 is 1.26 bits per heavy atom. The molecule has 3 rings (SSSR count). The summed E-state index contributed by atoms with van der Waals surface area (Å²) in [5.74, 6) is 0.857. The van der Waals surface area contributed by atoms with E-state index >= 15 is 0 Å². The lowest BCUT2D eigenvalue weighted by Crippen LogP contribution is -2.35. The maximum atomic E-state index is 12.3. The van der Waals surface area contributed by atoms with E-state index in [2.05, 4.69) is 10.3 Å². The van der Waals surface area contributed by atoms with Gasteiger partial charge in [0.2, 0.25) is 5.91 Å². The fourth-order valence-corrected chi connectivity index (χ4v) is 2.74. The van der Waals surface area contributed by atoms with Gasteiger partial charge < -0.3 is 14.7 Å². The van der Waals surface area contributed by atoms with E-state index in [4.69, 9.17) is 4.42 Å². The molecule has 5 nitrogen and oxygen atoms in total. The molecule has 0 spiro atoms. The maximum absolute atomic E-state index is 12.3. The van der Waals surface area contributed by atoms with E-state index in [-0.39, 0.29) is 11.9 Å². The van der Waals surface area contributed by atoms with Gasteiger partial charge in [0.15, 0.2) is 0 Å². The monoisotopic (exact) mass is 311 g/mol. The van der Waals surface area contributed by atoms with E-state index in [0.29, 0.717) is 13.0 Å². The first kappa shape index (κ1) is 15.4. The average molecular weight is 311 g/mol. The summed E-state index contributed by atoms with van der Waals surface area (Å²) >= 11 is 0. The molecule has 2 heterocycles. The molecule has 120 valence electrons.